The van der Waals surface area contributed by atoms with Crippen molar-refractivity contribution in [3.63, 3.8) is 0 Å². The molecule has 2 bridgehead atoms. The van der Waals surface area contributed by atoms with E-state index in [2.05, 4.69) is 48.5 Å². The van der Waals surface area contributed by atoms with Gasteiger partial charge in [-0.1, -0.05) is 121 Å². The van der Waals surface area contributed by atoms with Crippen LogP contribution in [0.1, 0.15) is 22.3 Å². The third kappa shape index (κ3) is 6.14. The van der Waals surface area contributed by atoms with Gasteiger partial charge >= 0.3 is 0 Å². The molecule has 200 valence electrons. The number of hydrogen-bond donors (Lipinski definition) is 0. The molecule has 5 heteroatoms. The van der Waals surface area contributed by atoms with E-state index in [1.54, 1.807) is 0 Å². The highest BCUT2D eigenvalue weighted by atomic mass is 16.8. The molecule has 4 aromatic rings. The molecule has 0 spiro atoms. The van der Waals surface area contributed by atoms with E-state index in [0.717, 1.165) is 22.3 Å². The predicted molar refractivity (Wildman–Crippen MR) is 149 cm³/mol. The first kappa shape index (κ1) is 25.9. The maximum atomic E-state index is 6.72. The molecule has 0 aliphatic carbocycles. The summed E-state index contributed by atoms with van der Waals surface area (Å²) in [4.78, 5) is 0. The van der Waals surface area contributed by atoms with Crippen molar-refractivity contribution < 1.29 is 23.7 Å². The van der Waals surface area contributed by atoms with Gasteiger partial charge in [0, 0.05) is 6.42 Å². The molecule has 2 aliphatic rings. The first-order chi connectivity index (χ1) is 19.3. The number of fused-ring (bicyclic) bond motifs is 2. The van der Waals surface area contributed by atoms with Gasteiger partial charge in [-0.25, -0.2) is 0 Å². The Morgan fingerprint density at radius 1 is 0.538 bits per heavy atom. The Hall–Kier alpha value is -3.32. The third-order valence-corrected chi connectivity index (χ3v) is 7.40. The van der Waals surface area contributed by atoms with Gasteiger partial charge in [0.05, 0.1) is 26.4 Å². The molecule has 0 unspecified atom stereocenters. The molecule has 0 aromatic heterocycles. The maximum Gasteiger partial charge on any atom is 0.202 e. The van der Waals surface area contributed by atoms with Crippen LogP contribution < -0.4 is 0 Å². The highest BCUT2D eigenvalue weighted by Gasteiger charge is 2.61. The molecule has 2 heterocycles. The van der Waals surface area contributed by atoms with E-state index in [-0.39, 0.29) is 12.2 Å². The Kier molecular flexibility index (Phi) is 8.14. The molecule has 6 rings (SSSR count). The lowest BCUT2D eigenvalue weighted by Gasteiger charge is -2.46. The third-order valence-electron chi connectivity index (χ3n) is 7.40. The van der Waals surface area contributed by atoms with Crippen LogP contribution in [-0.2, 0) is 49.9 Å². The van der Waals surface area contributed by atoms with Crippen LogP contribution in [0.3, 0.4) is 0 Å². The summed E-state index contributed by atoms with van der Waals surface area (Å²) in [5, 5.41) is 0. The topological polar surface area (TPSA) is 46.2 Å². The van der Waals surface area contributed by atoms with Gasteiger partial charge < -0.3 is 23.7 Å². The van der Waals surface area contributed by atoms with Crippen LogP contribution in [0.15, 0.2) is 121 Å². The monoisotopic (exact) mass is 522 g/mol. The normalized spacial score (nSPS) is 25.9. The van der Waals surface area contributed by atoms with Crippen LogP contribution in [0.4, 0.5) is 0 Å². The van der Waals surface area contributed by atoms with Crippen LogP contribution in [0.2, 0.25) is 0 Å². The fraction of sp³-hybridized carbons (Fsp3) is 0.294. The zero-order valence-corrected chi connectivity index (χ0v) is 21.9. The van der Waals surface area contributed by atoms with E-state index >= 15 is 0 Å². The number of ether oxygens (including phenoxy) is 5. The number of benzene rings is 4. The van der Waals surface area contributed by atoms with E-state index in [4.69, 9.17) is 23.7 Å². The van der Waals surface area contributed by atoms with E-state index in [9.17, 15) is 0 Å². The second-order valence-corrected chi connectivity index (χ2v) is 10.2. The number of rotatable bonds is 11. The lowest BCUT2D eigenvalue weighted by atomic mass is 9.89. The van der Waals surface area contributed by atoms with Gasteiger partial charge in [-0.05, 0) is 22.3 Å². The van der Waals surface area contributed by atoms with Crippen molar-refractivity contribution in [1.82, 2.24) is 0 Å². The molecule has 5 nitrogen and oxygen atoms in total. The van der Waals surface area contributed by atoms with Gasteiger partial charge in [-0.3, -0.25) is 0 Å². The summed E-state index contributed by atoms with van der Waals surface area (Å²) < 4.78 is 33.2. The van der Waals surface area contributed by atoms with Gasteiger partial charge in [0.25, 0.3) is 0 Å². The maximum absolute atomic E-state index is 6.72. The quantitative estimate of drug-likeness (QED) is 0.238. The molecule has 2 saturated heterocycles. The van der Waals surface area contributed by atoms with Gasteiger partial charge in [-0.15, -0.1) is 0 Å². The minimum absolute atomic E-state index is 0.269. The molecule has 4 aromatic carbocycles. The zero-order valence-electron chi connectivity index (χ0n) is 21.9. The number of hydrogen-bond acceptors (Lipinski definition) is 5. The Bertz CT molecular complexity index is 1280. The van der Waals surface area contributed by atoms with Gasteiger partial charge in [0.2, 0.25) is 5.79 Å². The summed E-state index contributed by atoms with van der Waals surface area (Å²) in [6.07, 6.45) is -0.986. The largest absolute Gasteiger partial charge is 0.368 e. The van der Waals surface area contributed by atoms with Gasteiger partial charge in [-0.2, -0.15) is 0 Å². The second kappa shape index (κ2) is 12.2. The highest BCUT2D eigenvalue weighted by molar-refractivity contribution is 5.21. The summed E-state index contributed by atoms with van der Waals surface area (Å²) in [6, 6.07) is 40.9. The molecule has 0 amide bonds. The van der Waals surface area contributed by atoms with Crippen molar-refractivity contribution in [3.05, 3.63) is 144 Å². The van der Waals surface area contributed by atoms with E-state index in [0.29, 0.717) is 32.8 Å². The first-order valence-electron chi connectivity index (χ1n) is 13.6. The Morgan fingerprint density at radius 2 is 0.974 bits per heavy atom. The Morgan fingerprint density at radius 3 is 1.49 bits per heavy atom. The molecule has 5 atom stereocenters. The van der Waals surface area contributed by atoms with E-state index < -0.39 is 18.0 Å². The Labute approximate surface area is 230 Å². The summed E-state index contributed by atoms with van der Waals surface area (Å²) >= 11 is 0. The fourth-order valence-corrected chi connectivity index (χ4v) is 5.47. The molecular weight excluding hydrogens is 488 g/mol. The van der Waals surface area contributed by atoms with E-state index in [1.807, 2.05) is 72.8 Å². The van der Waals surface area contributed by atoms with Crippen molar-refractivity contribution in [2.24, 2.45) is 0 Å². The molecule has 39 heavy (non-hydrogen) atoms. The fourth-order valence-electron chi connectivity index (χ4n) is 5.47. The average Bonchev–Trinajstić information content (AvgIpc) is 3.37. The highest BCUT2D eigenvalue weighted by Crippen LogP contribution is 2.44. The lowest BCUT2D eigenvalue weighted by Crippen LogP contribution is -2.63. The molecule has 0 radical (unpaired) electrons. The first-order valence-corrected chi connectivity index (χ1v) is 13.6. The molecule has 2 fully saturated rings. The van der Waals surface area contributed by atoms with Gasteiger partial charge in [0.15, 0.2) is 0 Å². The Balaban J connectivity index is 1.32. The minimum atomic E-state index is -0.977. The zero-order chi connectivity index (χ0) is 26.3. The second-order valence-electron chi connectivity index (χ2n) is 10.2. The molecule has 2 aliphatic heterocycles. The van der Waals surface area contributed by atoms with Crippen LogP contribution in [0.25, 0.3) is 0 Å². The standard InChI is InChI=1S/C34H34O5/c1-5-13-26(14-6-1)21-34-33(37-24-29-19-11-4-12-20-29)32(36-23-28-17-9-3-10-18-28)31(30(39-34)25-38-34)35-22-27-15-7-2-8-16-27/h1-20,30-33H,21-25H2/t30-,31-,32+,33-,34-/m1/s1. The van der Waals surface area contributed by atoms with Crippen molar-refractivity contribution in [2.45, 2.75) is 56.4 Å². The summed E-state index contributed by atoms with van der Waals surface area (Å²) in [5.74, 6) is -0.977. The van der Waals surface area contributed by atoms with Crippen molar-refractivity contribution in [1.29, 1.82) is 0 Å². The van der Waals surface area contributed by atoms with Crippen LogP contribution >= 0.6 is 0 Å². The smallest absolute Gasteiger partial charge is 0.202 e. The lowest BCUT2D eigenvalue weighted by molar-refractivity contribution is -0.320. The minimum Gasteiger partial charge on any atom is -0.368 e. The summed E-state index contributed by atoms with van der Waals surface area (Å²) in [6.45, 7) is 1.72. The van der Waals surface area contributed by atoms with Crippen LogP contribution in [0, 0.1) is 0 Å². The van der Waals surface area contributed by atoms with Crippen molar-refractivity contribution in [3.8, 4) is 0 Å². The average molecular weight is 523 g/mol. The molecular formula is C34H34O5. The van der Waals surface area contributed by atoms with Gasteiger partial charge in [0.1, 0.15) is 24.4 Å². The van der Waals surface area contributed by atoms with Crippen molar-refractivity contribution >= 4 is 0 Å². The van der Waals surface area contributed by atoms with Crippen molar-refractivity contribution in [2.75, 3.05) is 6.61 Å². The van der Waals surface area contributed by atoms with E-state index in [1.165, 1.54) is 0 Å². The predicted octanol–water partition coefficient (Wildman–Crippen LogP) is 6.11. The van der Waals surface area contributed by atoms with Crippen LogP contribution in [0.5, 0.6) is 0 Å². The molecule has 0 N–H and O–H groups in total. The summed E-state index contributed by atoms with van der Waals surface area (Å²) in [5.41, 5.74) is 4.40. The summed E-state index contributed by atoms with van der Waals surface area (Å²) in [7, 11) is 0. The SMILES string of the molecule is c1ccc(CO[C@H]2[C@H](OCc3ccccc3)[C@H]3CO[C@](Cc4ccccc4)(O3)[C@@H]2OCc2ccccc2)cc1. The van der Waals surface area contributed by atoms with Crippen LogP contribution in [-0.4, -0.2) is 36.8 Å². The molecule has 0 saturated carbocycles.